The number of amides is 1. The molecule has 1 amide bonds. The second-order valence-electron chi connectivity index (χ2n) is 9.48. The van der Waals surface area contributed by atoms with Crippen LogP contribution in [0, 0.1) is 11.8 Å². The number of hydrogen-bond acceptors (Lipinski definition) is 3. The number of halogens is 6. The molecule has 5 nitrogen and oxygen atoms in total. The van der Waals surface area contributed by atoms with E-state index >= 15 is 0 Å². The van der Waals surface area contributed by atoms with Crippen LogP contribution < -0.4 is 10.7 Å². The van der Waals surface area contributed by atoms with Gasteiger partial charge in [-0.15, -0.1) is 0 Å². The van der Waals surface area contributed by atoms with Crippen LogP contribution in [0.2, 0.25) is 0 Å². The van der Waals surface area contributed by atoms with Crippen molar-refractivity contribution >= 4 is 16.8 Å². The molecule has 0 spiro atoms. The van der Waals surface area contributed by atoms with E-state index in [1.807, 2.05) is 18.7 Å². The number of alkyl halides is 6. The second-order valence-corrected chi connectivity index (χ2v) is 9.48. The van der Waals surface area contributed by atoms with Gasteiger partial charge in [0.25, 0.3) is 5.91 Å². The molecule has 2 aromatic rings. The zero-order valence-corrected chi connectivity index (χ0v) is 18.1. The van der Waals surface area contributed by atoms with Gasteiger partial charge in [0, 0.05) is 34.9 Å². The van der Waals surface area contributed by atoms with Gasteiger partial charge in [-0.25, -0.2) is 0 Å². The van der Waals surface area contributed by atoms with Gasteiger partial charge >= 0.3 is 12.4 Å². The summed E-state index contributed by atoms with van der Waals surface area (Å²) >= 11 is 0. The van der Waals surface area contributed by atoms with Crippen molar-refractivity contribution in [1.82, 2.24) is 15.2 Å². The lowest BCUT2D eigenvalue weighted by atomic mass is 9.54. The normalized spacial score (nSPS) is 30.6. The van der Waals surface area contributed by atoms with Crippen LogP contribution >= 0.6 is 0 Å². The van der Waals surface area contributed by atoms with Crippen molar-refractivity contribution in [2.75, 3.05) is 0 Å². The maximum Gasteiger partial charge on any atom is 0.417 e. The summed E-state index contributed by atoms with van der Waals surface area (Å²) < 4.78 is 81.1. The number of pyridine rings is 1. The first-order valence-electron chi connectivity index (χ1n) is 10.9. The zero-order chi connectivity index (χ0) is 24.8. The highest BCUT2D eigenvalue weighted by atomic mass is 19.4. The fourth-order valence-electron chi connectivity index (χ4n) is 5.90. The van der Waals surface area contributed by atoms with Gasteiger partial charge in [0.2, 0.25) is 5.43 Å². The van der Waals surface area contributed by atoms with Crippen LogP contribution in [0.15, 0.2) is 41.0 Å². The summed E-state index contributed by atoms with van der Waals surface area (Å²) in [5, 5.41) is 1.54. The molecule has 182 valence electrons. The van der Waals surface area contributed by atoms with Crippen molar-refractivity contribution in [1.29, 1.82) is 0 Å². The van der Waals surface area contributed by atoms with Gasteiger partial charge in [-0.1, -0.05) is 6.07 Å². The number of nitrogens with zero attached hydrogens (tertiary/aromatic N) is 1. The van der Waals surface area contributed by atoms with E-state index in [1.165, 1.54) is 6.07 Å². The zero-order valence-electron chi connectivity index (χ0n) is 18.1. The lowest BCUT2D eigenvalue weighted by Crippen LogP contribution is -2.78. The summed E-state index contributed by atoms with van der Waals surface area (Å²) in [4.78, 5) is 30.2. The number of nitrogens with one attached hydrogen (secondary N) is 2. The number of fused-ring (bicyclic) bond motifs is 2. The molecule has 1 aromatic carbocycles. The first-order valence-corrected chi connectivity index (χ1v) is 10.9. The summed E-state index contributed by atoms with van der Waals surface area (Å²) in [6.07, 6.45) is -5.67. The van der Waals surface area contributed by atoms with Crippen LogP contribution in [0.5, 0.6) is 0 Å². The molecule has 0 bridgehead atoms. The van der Waals surface area contributed by atoms with Gasteiger partial charge in [-0.3, -0.25) is 9.59 Å². The van der Waals surface area contributed by atoms with Gasteiger partial charge in [0.05, 0.1) is 17.0 Å². The van der Waals surface area contributed by atoms with Crippen LogP contribution in [-0.4, -0.2) is 39.6 Å². The fourth-order valence-corrected chi connectivity index (χ4v) is 5.90. The van der Waals surface area contributed by atoms with Gasteiger partial charge in [-0.2, -0.15) is 26.3 Å². The molecule has 1 saturated heterocycles. The minimum absolute atomic E-state index is 0.0111. The highest BCUT2D eigenvalue weighted by Crippen LogP contribution is 2.60. The Morgan fingerprint density at radius 2 is 1.91 bits per heavy atom. The molecule has 1 aliphatic heterocycles. The van der Waals surface area contributed by atoms with E-state index in [0.29, 0.717) is 17.7 Å². The summed E-state index contributed by atoms with van der Waals surface area (Å²) in [6.45, 7) is 3.88. The third-order valence-electron chi connectivity index (χ3n) is 7.73. The number of carbonyl (C=O) groups is 1. The van der Waals surface area contributed by atoms with Crippen molar-refractivity contribution in [3.63, 3.8) is 0 Å². The van der Waals surface area contributed by atoms with Crippen LogP contribution in [0.3, 0.4) is 0 Å². The lowest BCUT2D eigenvalue weighted by Gasteiger charge is -2.72. The first kappa shape index (κ1) is 22.8. The monoisotopic (exact) mass is 485 g/mol. The number of aromatic amines is 1. The van der Waals surface area contributed by atoms with Gasteiger partial charge in [0.15, 0.2) is 0 Å². The Bertz CT molecular complexity index is 1280. The Morgan fingerprint density at radius 3 is 2.47 bits per heavy atom. The van der Waals surface area contributed by atoms with E-state index in [2.05, 4.69) is 10.3 Å². The highest BCUT2D eigenvalue weighted by Gasteiger charge is 2.65. The number of benzene rings is 1. The molecule has 1 aromatic heterocycles. The SMILES string of the molecule is CC1C2CCC2(C)N1C1=CC(C(F)(F)F)[C@@H]1NC(=O)c1c[nH]c2cccc(C(F)(F)F)c2c1=O. The minimum atomic E-state index is -4.85. The van der Waals surface area contributed by atoms with Gasteiger partial charge in [-0.05, 0) is 44.9 Å². The predicted octanol–water partition coefficient (Wildman–Crippen LogP) is 4.59. The van der Waals surface area contributed by atoms with Crippen molar-refractivity contribution < 1.29 is 31.1 Å². The van der Waals surface area contributed by atoms with Gasteiger partial charge in [0.1, 0.15) is 11.5 Å². The van der Waals surface area contributed by atoms with Crippen LogP contribution in [0.1, 0.15) is 42.6 Å². The highest BCUT2D eigenvalue weighted by molar-refractivity contribution is 5.98. The smallest absolute Gasteiger partial charge is 0.365 e. The maximum absolute atomic E-state index is 13.6. The molecule has 0 radical (unpaired) electrons. The maximum atomic E-state index is 13.6. The summed E-state index contributed by atoms with van der Waals surface area (Å²) in [5.74, 6) is -2.75. The summed E-state index contributed by atoms with van der Waals surface area (Å²) in [6, 6.07) is 1.66. The molecule has 5 atom stereocenters. The van der Waals surface area contributed by atoms with E-state index in [-0.39, 0.29) is 17.1 Å². The van der Waals surface area contributed by atoms with Crippen LogP contribution in [0.25, 0.3) is 10.9 Å². The molecule has 1 saturated carbocycles. The van der Waals surface area contributed by atoms with Crippen LogP contribution in [-0.2, 0) is 6.18 Å². The van der Waals surface area contributed by atoms with E-state index in [0.717, 1.165) is 31.2 Å². The number of H-pyrrole nitrogens is 1. The molecule has 11 heteroatoms. The fraction of sp³-hybridized carbons (Fsp3) is 0.478. The van der Waals surface area contributed by atoms with Crippen molar-refractivity contribution in [2.24, 2.45) is 11.8 Å². The van der Waals surface area contributed by atoms with E-state index in [4.69, 9.17) is 0 Å². The standard InChI is InChI=1S/C23H21F6N3O2/c1-10-12-6-7-21(12,2)32(10)16-8-14(23(27,28)29)18(16)31-20(34)11-9-30-15-5-3-4-13(22(24,25)26)17(15)19(11)33/h3-5,8-10,12,14,18H,6-7H2,1-2H3,(H,30,33)(H,31,34)/t10?,12?,14?,18-,21?/m0/s1. The molecule has 5 rings (SSSR count). The predicted molar refractivity (Wildman–Crippen MR) is 111 cm³/mol. The molecule has 2 heterocycles. The number of rotatable bonds is 3. The lowest BCUT2D eigenvalue weighted by molar-refractivity contribution is -0.199. The Balaban J connectivity index is 1.49. The number of carbonyl (C=O) groups excluding carboxylic acids is 1. The van der Waals surface area contributed by atoms with E-state index in [1.54, 1.807) is 0 Å². The van der Waals surface area contributed by atoms with Gasteiger partial charge < -0.3 is 15.2 Å². The molecule has 34 heavy (non-hydrogen) atoms. The van der Waals surface area contributed by atoms with E-state index in [9.17, 15) is 35.9 Å². The Kier molecular flexibility index (Phi) is 4.71. The van der Waals surface area contributed by atoms with Crippen LogP contribution in [0.4, 0.5) is 26.3 Å². The molecule has 2 fully saturated rings. The van der Waals surface area contributed by atoms with Crippen molar-refractivity contribution in [3.05, 3.63) is 57.5 Å². The Labute approximate surface area is 189 Å². The van der Waals surface area contributed by atoms with E-state index < -0.39 is 52.2 Å². The first-order chi connectivity index (χ1) is 15.7. The largest absolute Gasteiger partial charge is 0.417 e. The third-order valence-corrected chi connectivity index (χ3v) is 7.73. The Morgan fingerprint density at radius 1 is 1.21 bits per heavy atom. The molecule has 2 N–H and O–H groups in total. The Hall–Kier alpha value is -2.98. The molecule has 4 unspecified atom stereocenters. The minimum Gasteiger partial charge on any atom is -0.365 e. The number of aromatic nitrogens is 1. The topological polar surface area (TPSA) is 65.2 Å². The van der Waals surface area contributed by atoms with Crippen molar-refractivity contribution in [2.45, 2.75) is 56.7 Å². The number of likely N-dealkylation sites (tertiary alicyclic amines) is 1. The third kappa shape index (κ3) is 3.08. The molecule has 2 aliphatic carbocycles. The molecular weight excluding hydrogens is 464 g/mol. The van der Waals surface area contributed by atoms with Crippen molar-refractivity contribution in [3.8, 4) is 0 Å². The molecular formula is C23H21F6N3O2. The second kappa shape index (κ2) is 7.02. The average molecular weight is 485 g/mol. The number of hydrogen-bond donors (Lipinski definition) is 2. The quantitative estimate of drug-likeness (QED) is 0.625. The summed E-state index contributed by atoms with van der Waals surface area (Å²) in [5.41, 5.74) is -3.18. The summed E-state index contributed by atoms with van der Waals surface area (Å²) in [7, 11) is 0. The molecule has 3 aliphatic rings. The average Bonchev–Trinajstić information content (AvgIpc) is 2.71. The number of piperidine rings is 1.